The first-order valence-electron chi connectivity index (χ1n) is 9.05. The summed E-state index contributed by atoms with van der Waals surface area (Å²) in [6.45, 7) is 15.1. The molecule has 0 bridgehead atoms. The van der Waals surface area contributed by atoms with Gasteiger partial charge < -0.3 is 14.2 Å². The third kappa shape index (κ3) is 3.55. The van der Waals surface area contributed by atoms with Gasteiger partial charge in [0.05, 0.1) is 11.2 Å². The van der Waals surface area contributed by atoms with E-state index < -0.39 is 0 Å². The molecule has 2 fully saturated rings. The first kappa shape index (κ1) is 17.9. The van der Waals surface area contributed by atoms with Gasteiger partial charge in [-0.1, -0.05) is 24.3 Å². The predicted octanol–water partition coefficient (Wildman–Crippen LogP) is 2.12. The molecule has 0 amide bonds. The zero-order valence-electron chi connectivity index (χ0n) is 16.0. The third-order valence-electron chi connectivity index (χ3n) is 5.86. The number of benzene rings is 1. The van der Waals surface area contributed by atoms with Crippen molar-refractivity contribution in [1.82, 2.24) is 9.80 Å². The second-order valence-corrected chi connectivity index (χ2v) is 8.41. The van der Waals surface area contributed by atoms with Gasteiger partial charge in [0, 0.05) is 32.2 Å². The zero-order valence-corrected chi connectivity index (χ0v) is 16.0. The quantitative estimate of drug-likeness (QED) is 0.793. The highest BCUT2D eigenvalue weighted by Crippen LogP contribution is 2.36. The molecule has 2 aliphatic heterocycles. The lowest BCUT2D eigenvalue weighted by molar-refractivity contribution is 0.00578. The Morgan fingerprint density at radius 3 is 2.17 bits per heavy atom. The molecule has 0 radical (unpaired) electrons. The molecule has 4 nitrogen and oxygen atoms in total. The Bertz CT molecular complexity index is 557. The molecule has 132 valence electrons. The van der Waals surface area contributed by atoms with Crippen LogP contribution in [-0.4, -0.2) is 60.8 Å². The Labute approximate surface area is 147 Å². The molecule has 0 N–H and O–H groups in total. The number of rotatable bonds is 3. The smallest absolute Gasteiger partial charge is 0.399 e. The van der Waals surface area contributed by atoms with Crippen LogP contribution >= 0.6 is 0 Å². The molecule has 3 rings (SSSR count). The lowest BCUT2D eigenvalue weighted by Gasteiger charge is -2.38. The van der Waals surface area contributed by atoms with E-state index in [1.165, 1.54) is 5.56 Å². The van der Waals surface area contributed by atoms with Crippen LogP contribution in [0.2, 0.25) is 0 Å². The van der Waals surface area contributed by atoms with Gasteiger partial charge in [-0.05, 0) is 52.7 Å². The maximum absolute atomic E-state index is 6.13. The van der Waals surface area contributed by atoms with E-state index in [9.17, 15) is 0 Å². The summed E-state index contributed by atoms with van der Waals surface area (Å²) in [6.07, 6.45) is 0. The fourth-order valence-corrected chi connectivity index (χ4v) is 3.41. The van der Waals surface area contributed by atoms with Crippen LogP contribution in [0.4, 0.5) is 0 Å². The van der Waals surface area contributed by atoms with Crippen molar-refractivity contribution in [3.8, 4) is 0 Å². The van der Waals surface area contributed by atoms with Crippen molar-refractivity contribution in [2.45, 2.75) is 58.4 Å². The summed E-state index contributed by atoms with van der Waals surface area (Å²) in [5, 5.41) is 0. The lowest BCUT2D eigenvalue weighted by Crippen LogP contribution is -2.49. The second kappa shape index (κ2) is 6.45. The van der Waals surface area contributed by atoms with Crippen molar-refractivity contribution in [2.75, 3.05) is 26.7 Å². The normalized spacial score (nSPS) is 27.6. The highest BCUT2D eigenvalue weighted by atomic mass is 16.7. The topological polar surface area (TPSA) is 24.9 Å². The van der Waals surface area contributed by atoms with Gasteiger partial charge in [-0.3, -0.25) is 4.90 Å². The van der Waals surface area contributed by atoms with E-state index in [1.54, 1.807) is 0 Å². The van der Waals surface area contributed by atoms with Crippen LogP contribution in [0.15, 0.2) is 24.3 Å². The van der Waals surface area contributed by atoms with Crippen molar-refractivity contribution in [3.05, 3.63) is 29.8 Å². The summed E-state index contributed by atoms with van der Waals surface area (Å²) in [5.41, 5.74) is 1.88. The summed E-state index contributed by atoms with van der Waals surface area (Å²) in [6, 6.07) is 9.33. The zero-order chi connectivity index (χ0) is 17.5. The fourth-order valence-electron chi connectivity index (χ4n) is 3.41. The van der Waals surface area contributed by atoms with Gasteiger partial charge in [0.2, 0.25) is 0 Å². The van der Waals surface area contributed by atoms with Crippen molar-refractivity contribution in [3.63, 3.8) is 0 Å². The van der Waals surface area contributed by atoms with E-state index in [-0.39, 0.29) is 18.3 Å². The maximum Gasteiger partial charge on any atom is 0.494 e. The van der Waals surface area contributed by atoms with E-state index in [0.29, 0.717) is 6.04 Å². The molecule has 5 heteroatoms. The average Bonchev–Trinajstić information content (AvgIpc) is 2.71. The van der Waals surface area contributed by atoms with Crippen LogP contribution in [0.1, 0.15) is 40.2 Å². The molecule has 24 heavy (non-hydrogen) atoms. The van der Waals surface area contributed by atoms with E-state index in [0.717, 1.165) is 31.6 Å². The largest absolute Gasteiger partial charge is 0.494 e. The molecule has 0 aromatic heterocycles. The minimum Gasteiger partial charge on any atom is -0.399 e. The Hall–Kier alpha value is -0.875. The van der Waals surface area contributed by atoms with Gasteiger partial charge in [-0.2, -0.15) is 0 Å². The first-order valence-corrected chi connectivity index (χ1v) is 9.05. The predicted molar refractivity (Wildman–Crippen MR) is 99.5 cm³/mol. The standard InChI is InChI=1S/C19H31BN2O2/c1-15-13-21(6)11-12-22(15)14-16-7-9-17(10-8-16)20-23-18(2,3)19(4,5)24-20/h7-10,15H,11-14H2,1-6H3. The fraction of sp³-hybridized carbons (Fsp3) is 0.684. The minimum absolute atomic E-state index is 0.272. The van der Waals surface area contributed by atoms with E-state index >= 15 is 0 Å². The Kier molecular flexibility index (Phi) is 4.82. The highest BCUT2D eigenvalue weighted by molar-refractivity contribution is 6.62. The van der Waals surface area contributed by atoms with Gasteiger partial charge in [0.15, 0.2) is 0 Å². The van der Waals surface area contributed by atoms with Crippen molar-refractivity contribution >= 4 is 12.6 Å². The van der Waals surface area contributed by atoms with Gasteiger partial charge in [-0.15, -0.1) is 0 Å². The molecule has 1 aromatic carbocycles. The van der Waals surface area contributed by atoms with Gasteiger partial charge in [0.25, 0.3) is 0 Å². The van der Waals surface area contributed by atoms with Crippen molar-refractivity contribution in [2.24, 2.45) is 0 Å². The molecule has 1 unspecified atom stereocenters. The molecule has 0 spiro atoms. The van der Waals surface area contributed by atoms with E-state index in [2.05, 4.69) is 75.7 Å². The molecular weight excluding hydrogens is 299 g/mol. The monoisotopic (exact) mass is 330 g/mol. The van der Waals surface area contributed by atoms with Crippen LogP contribution in [0.25, 0.3) is 0 Å². The number of piperazine rings is 1. The summed E-state index contributed by atoms with van der Waals surface area (Å²) >= 11 is 0. The summed E-state index contributed by atoms with van der Waals surface area (Å²) in [7, 11) is 1.93. The number of hydrogen-bond acceptors (Lipinski definition) is 4. The maximum atomic E-state index is 6.13. The SMILES string of the molecule is CC1CN(C)CCN1Cc1ccc(B2OC(C)(C)C(C)(C)O2)cc1. The molecule has 2 heterocycles. The van der Waals surface area contributed by atoms with Gasteiger partial charge in [-0.25, -0.2) is 0 Å². The molecule has 0 aliphatic carbocycles. The van der Waals surface area contributed by atoms with E-state index in [4.69, 9.17) is 9.31 Å². The summed E-state index contributed by atoms with van der Waals surface area (Å²) in [5.74, 6) is 0. The number of nitrogens with zero attached hydrogens (tertiary/aromatic N) is 2. The van der Waals surface area contributed by atoms with Crippen LogP contribution in [-0.2, 0) is 15.9 Å². The minimum atomic E-state index is -0.286. The van der Waals surface area contributed by atoms with Gasteiger partial charge >= 0.3 is 7.12 Å². The molecule has 2 saturated heterocycles. The van der Waals surface area contributed by atoms with Crippen LogP contribution in [0.5, 0.6) is 0 Å². The molecule has 1 atom stereocenters. The third-order valence-corrected chi connectivity index (χ3v) is 5.86. The Balaban J connectivity index is 1.64. The second-order valence-electron chi connectivity index (χ2n) is 8.41. The number of hydrogen-bond donors (Lipinski definition) is 0. The molecular formula is C19H31BN2O2. The lowest BCUT2D eigenvalue weighted by atomic mass is 9.79. The summed E-state index contributed by atoms with van der Waals surface area (Å²) in [4.78, 5) is 4.96. The van der Waals surface area contributed by atoms with Crippen molar-refractivity contribution in [1.29, 1.82) is 0 Å². The summed E-state index contributed by atoms with van der Waals surface area (Å²) < 4.78 is 12.3. The highest BCUT2D eigenvalue weighted by Gasteiger charge is 2.51. The molecule has 1 aromatic rings. The average molecular weight is 330 g/mol. The van der Waals surface area contributed by atoms with Crippen LogP contribution < -0.4 is 5.46 Å². The molecule has 0 saturated carbocycles. The Morgan fingerprint density at radius 1 is 1.04 bits per heavy atom. The van der Waals surface area contributed by atoms with Gasteiger partial charge in [0.1, 0.15) is 0 Å². The Morgan fingerprint density at radius 2 is 1.62 bits per heavy atom. The van der Waals surface area contributed by atoms with Crippen LogP contribution in [0, 0.1) is 0 Å². The first-order chi connectivity index (χ1) is 11.2. The molecule has 2 aliphatic rings. The van der Waals surface area contributed by atoms with E-state index in [1.807, 2.05) is 0 Å². The van der Waals surface area contributed by atoms with Crippen LogP contribution in [0.3, 0.4) is 0 Å². The number of likely N-dealkylation sites (N-methyl/N-ethyl adjacent to an activating group) is 1. The van der Waals surface area contributed by atoms with Crippen molar-refractivity contribution < 1.29 is 9.31 Å².